The number of alkyl halides is 3. The summed E-state index contributed by atoms with van der Waals surface area (Å²) < 4.78 is 38.8. The van der Waals surface area contributed by atoms with Crippen LogP contribution in [0.5, 0.6) is 0 Å². The standard InChI is InChI=1S/C14H13F3N2O2/c1-8-13(2,21)6-12(20)19(8)10-4-3-9(7-18)11(5-10)14(15,16)17/h3-5,8,21H,6H2,1-2H3. The van der Waals surface area contributed by atoms with Crippen molar-refractivity contribution in [2.45, 2.75) is 38.1 Å². The van der Waals surface area contributed by atoms with Gasteiger partial charge in [-0.25, -0.2) is 0 Å². The van der Waals surface area contributed by atoms with Crippen molar-refractivity contribution in [3.63, 3.8) is 0 Å². The molecule has 0 spiro atoms. The average molecular weight is 298 g/mol. The van der Waals surface area contributed by atoms with E-state index in [-0.39, 0.29) is 12.1 Å². The van der Waals surface area contributed by atoms with Gasteiger partial charge in [0.25, 0.3) is 0 Å². The molecule has 1 N–H and O–H groups in total. The van der Waals surface area contributed by atoms with E-state index in [1.54, 1.807) is 6.92 Å². The highest BCUT2D eigenvalue weighted by atomic mass is 19.4. The second kappa shape index (κ2) is 4.74. The molecule has 1 aliphatic rings. The minimum atomic E-state index is -4.68. The van der Waals surface area contributed by atoms with Gasteiger partial charge in [-0.15, -0.1) is 0 Å². The number of hydrogen-bond donors (Lipinski definition) is 1. The zero-order valence-electron chi connectivity index (χ0n) is 11.4. The van der Waals surface area contributed by atoms with Gasteiger partial charge in [0.1, 0.15) is 0 Å². The number of carbonyl (C=O) groups is 1. The molecule has 0 saturated carbocycles. The SMILES string of the molecule is CC1N(c2ccc(C#N)c(C(F)(F)F)c2)C(=O)CC1(C)O. The van der Waals surface area contributed by atoms with Gasteiger partial charge in [-0.2, -0.15) is 18.4 Å². The van der Waals surface area contributed by atoms with E-state index in [4.69, 9.17) is 5.26 Å². The van der Waals surface area contributed by atoms with E-state index in [0.29, 0.717) is 0 Å². The first-order chi connectivity index (χ1) is 9.58. The molecule has 2 rings (SSSR count). The predicted octanol–water partition coefficient (Wildman–Crippen LogP) is 2.45. The molecule has 1 aromatic rings. The summed E-state index contributed by atoms with van der Waals surface area (Å²) >= 11 is 0. The maximum absolute atomic E-state index is 12.9. The van der Waals surface area contributed by atoms with E-state index >= 15 is 0 Å². The summed E-state index contributed by atoms with van der Waals surface area (Å²) in [6.07, 6.45) is -4.84. The first-order valence-electron chi connectivity index (χ1n) is 6.23. The van der Waals surface area contributed by atoms with Crippen LogP contribution >= 0.6 is 0 Å². The quantitative estimate of drug-likeness (QED) is 0.866. The van der Waals surface area contributed by atoms with Crippen molar-refractivity contribution < 1.29 is 23.1 Å². The fraction of sp³-hybridized carbons (Fsp3) is 0.429. The number of anilines is 1. The van der Waals surface area contributed by atoms with Crippen molar-refractivity contribution in [1.82, 2.24) is 0 Å². The highest BCUT2D eigenvalue weighted by molar-refractivity contribution is 5.97. The molecule has 4 nitrogen and oxygen atoms in total. The second-order valence-corrected chi connectivity index (χ2v) is 5.31. The van der Waals surface area contributed by atoms with Gasteiger partial charge in [-0.05, 0) is 32.0 Å². The third kappa shape index (κ3) is 2.59. The third-order valence-corrected chi connectivity index (χ3v) is 3.77. The summed E-state index contributed by atoms with van der Waals surface area (Å²) in [7, 11) is 0. The number of rotatable bonds is 1. The van der Waals surface area contributed by atoms with Crippen LogP contribution in [-0.4, -0.2) is 22.7 Å². The first-order valence-corrected chi connectivity index (χ1v) is 6.23. The molecule has 1 heterocycles. The number of nitrogens with zero attached hydrogens (tertiary/aromatic N) is 2. The lowest BCUT2D eigenvalue weighted by molar-refractivity contribution is -0.137. The van der Waals surface area contributed by atoms with Crippen LogP contribution in [0.4, 0.5) is 18.9 Å². The van der Waals surface area contributed by atoms with Crippen LogP contribution in [-0.2, 0) is 11.0 Å². The number of carbonyl (C=O) groups excluding carboxylic acids is 1. The van der Waals surface area contributed by atoms with Gasteiger partial charge in [0.15, 0.2) is 0 Å². The lowest BCUT2D eigenvalue weighted by Gasteiger charge is -2.28. The summed E-state index contributed by atoms with van der Waals surface area (Å²) in [5.41, 5.74) is -2.87. The van der Waals surface area contributed by atoms with Crippen LogP contribution in [0.2, 0.25) is 0 Å². The zero-order chi connectivity index (χ0) is 16.0. The molecule has 0 radical (unpaired) electrons. The molecule has 1 amide bonds. The van der Waals surface area contributed by atoms with Gasteiger partial charge >= 0.3 is 6.18 Å². The Labute approximate surface area is 119 Å². The molecular weight excluding hydrogens is 285 g/mol. The molecule has 1 saturated heterocycles. The molecule has 2 atom stereocenters. The van der Waals surface area contributed by atoms with Crippen molar-refractivity contribution in [2.24, 2.45) is 0 Å². The Bertz CT molecular complexity index is 632. The smallest absolute Gasteiger partial charge is 0.387 e. The Balaban J connectivity index is 2.52. The van der Waals surface area contributed by atoms with Gasteiger partial charge < -0.3 is 10.0 Å². The molecule has 7 heteroatoms. The lowest BCUT2D eigenvalue weighted by Crippen LogP contribution is -2.40. The number of halogens is 3. The van der Waals surface area contributed by atoms with Crippen molar-refractivity contribution in [3.05, 3.63) is 29.3 Å². The van der Waals surface area contributed by atoms with E-state index in [1.807, 2.05) is 0 Å². The maximum atomic E-state index is 12.9. The Hall–Kier alpha value is -2.07. The largest absolute Gasteiger partial charge is 0.417 e. The summed E-state index contributed by atoms with van der Waals surface area (Å²) in [6, 6.07) is 3.92. The van der Waals surface area contributed by atoms with Gasteiger partial charge in [0.05, 0.1) is 35.3 Å². The Kier molecular flexibility index (Phi) is 3.46. The van der Waals surface area contributed by atoms with E-state index in [1.165, 1.54) is 19.1 Å². The number of nitriles is 1. The second-order valence-electron chi connectivity index (χ2n) is 5.31. The van der Waals surface area contributed by atoms with Crippen molar-refractivity contribution in [2.75, 3.05) is 4.90 Å². The summed E-state index contributed by atoms with van der Waals surface area (Å²) in [5, 5.41) is 18.8. The predicted molar refractivity (Wildman–Crippen MR) is 68.3 cm³/mol. The van der Waals surface area contributed by atoms with Crippen molar-refractivity contribution >= 4 is 11.6 Å². The third-order valence-electron chi connectivity index (χ3n) is 3.77. The minimum Gasteiger partial charge on any atom is -0.387 e. The highest BCUT2D eigenvalue weighted by Crippen LogP contribution is 2.38. The number of benzene rings is 1. The molecule has 2 unspecified atom stereocenters. The zero-order valence-corrected chi connectivity index (χ0v) is 11.4. The monoisotopic (exact) mass is 298 g/mol. The Morgan fingerprint density at radius 3 is 2.52 bits per heavy atom. The molecule has 0 aromatic heterocycles. The maximum Gasteiger partial charge on any atom is 0.417 e. The van der Waals surface area contributed by atoms with Gasteiger partial charge in [0.2, 0.25) is 5.91 Å². The molecule has 0 bridgehead atoms. The normalized spacial score (nSPS) is 26.0. The van der Waals surface area contributed by atoms with E-state index in [2.05, 4.69) is 0 Å². The molecule has 1 aromatic carbocycles. The average Bonchev–Trinajstić information content (AvgIpc) is 2.56. The molecule has 1 aliphatic heterocycles. The van der Waals surface area contributed by atoms with Crippen LogP contribution in [0.15, 0.2) is 18.2 Å². The van der Waals surface area contributed by atoms with Crippen LogP contribution in [0.3, 0.4) is 0 Å². The number of hydrogen-bond acceptors (Lipinski definition) is 3. The first kappa shape index (κ1) is 15.3. The Morgan fingerprint density at radius 1 is 1.48 bits per heavy atom. The summed E-state index contributed by atoms with van der Waals surface area (Å²) in [5.74, 6) is -0.453. The van der Waals surface area contributed by atoms with E-state index in [9.17, 15) is 23.1 Å². The van der Waals surface area contributed by atoms with E-state index in [0.717, 1.165) is 17.0 Å². The summed E-state index contributed by atoms with van der Waals surface area (Å²) in [4.78, 5) is 13.1. The molecule has 112 valence electrons. The fourth-order valence-corrected chi connectivity index (χ4v) is 2.41. The highest BCUT2D eigenvalue weighted by Gasteiger charge is 2.46. The van der Waals surface area contributed by atoms with Crippen LogP contribution < -0.4 is 4.90 Å². The molecule has 1 fully saturated rings. The molecule has 21 heavy (non-hydrogen) atoms. The van der Waals surface area contributed by atoms with Gasteiger partial charge in [-0.1, -0.05) is 0 Å². The summed E-state index contributed by atoms with van der Waals surface area (Å²) in [6.45, 7) is 3.03. The minimum absolute atomic E-state index is 0.0246. The fourth-order valence-electron chi connectivity index (χ4n) is 2.41. The molecule has 0 aliphatic carbocycles. The van der Waals surface area contributed by atoms with Gasteiger partial charge in [0, 0.05) is 5.69 Å². The van der Waals surface area contributed by atoms with Crippen LogP contribution in [0, 0.1) is 11.3 Å². The number of amides is 1. The van der Waals surface area contributed by atoms with Gasteiger partial charge in [-0.3, -0.25) is 4.79 Å². The van der Waals surface area contributed by atoms with Crippen LogP contribution in [0.25, 0.3) is 0 Å². The lowest BCUT2D eigenvalue weighted by atomic mass is 9.98. The van der Waals surface area contributed by atoms with E-state index < -0.39 is 34.9 Å². The topological polar surface area (TPSA) is 64.3 Å². The van der Waals surface area contributed by atoms with Crippen molar-refractivity contribution in [1.29, 1.82) is 5.26 Å². The van der Waals surface area contributed by atoms with Crippen molar-refractivity contribution in [3.8, 4) is 6.07 Å². The van der Waals surface area contributed by atoms with Crippen LogP contribution in [0.1, 0.15) is 31.4 Å². The number of aliphatic hydroxyl groups is 1. The Morgan fingerprint density at radius 2 is 2.10 bits per heavy atom. The molecular formula is C14H13F3N2O2.